The van der Waals surface area contributed by atoms with Crippen LogP contribution in [0.4, 0.5) is 20.3 Å². The first-order valence-corrected chi connectivity index (χ1v) is 15.4. The van der Waals surface area contributed by atoms with Gasteiger partial charge in [0.15, 0.2) is 11.6 Å². The van der Waals surface area contributed by atoms with Crippen LogP contribution in [0.25, 0.3) is 22.4 Å². The Morgan fingerprint density at radius 2 is 1.91 bits per heavy atom. The Bertz CT molecular complexity index is 1720. The summed E-state index contributed by atoms with van der Waals surface area (Å²) < 4.78 is 36.3. The Labute approximate surface area is 271 Å². The zero-order valence-corrected chi connectivity index (χ0v) is 26.6. The van der Waals surface area contributed by atoms with Gasteiger partial charge in [-0.3, -0.25) is 9.78 Å². The van der Waals surface area contributed by atoms with Crippen molar-refractivity contribution in [3.8, 4) is 28.1 Å². The second-order valence-corrected chi connectivity index (χ2v) is 11.7. The molecule has 1 saturated heterocycles. The molecule has 242 valence electrons. The molecule has 46 heavy (non-hydrogen) atoms. The van der Waals surface area contributed by atoms with Gasteiger partial charge in [0.25, 0.3) is 0 Å². The first kappa shape index (κ1) is 33.2. The molecule has 0 aliphatic carbocycles. The zero-order chi connectivity index (χ0) is 32.8. The Balaban J connectivity index is 1.38. The average Bonchev–Trinajstić information content (AvgIpc) is 3.45. The van der Waals surface area contributed by atoms with E-state index in [0.29, 0.717) is 63.9 Å². The molecule has 2 aromatic carbocycles. The van der Waals surface area contributed by atoms with Crippen LogP contribution in [-0.4, -0.2) is 53.3 Å². The van der Waals surface area contributed by atoms with E-state index in [1.54, 1.807) is 31.3 Å². The molecular formula is C34H37ClF2N6O3. The highest BCUT2D eigenvalue weighted by Crippen LogP contribution is 2.40. The van der Waals surface area contributed by atoms with Crippen LogP contribution in [0.15, 0.2) is 54.9 Å². The van der Waals surface area contributed by atoms with Crippen molar-refractivity contribution in [2.45, 2.75) is 51.9 Å². The van der Waals surface area contributed by atoms with Crippen molar-refractivity contribution in [3.05, 3.63) is 88.2 Å². The Morgan fingerprint density at radius 3 is 2.65 bits per heavy atom. The largest absolute Gasteiger partial charge is 0.496 e. The molecule has 0 bridgehead atoms. The summed E-state index contributed by atoms with van der Waals surface area (Å²) in [6.07, 6.45) is 3.83. The molecule has 0 radical (unpaired) electrons. The summed E-state index contributed by atoms with van der Waals surface area (Å²) in [6.45, 7) is 4.87. The standard InChI is InChI=1S/C34H37ClF2N6O3/c1-19(44)15-38-16-21-9-11-41-34(32(21)37)43-28-6-4-5-24(20(28)2)25-10-12-40-33(31(25)35)22-13-27(36)26(29(14-22)46-3)18-39-17-23-7-8-30(45)42-23/h4-6,9-14,19,23,38-39,44H,7-8,15-18H2,1-3H3,(H,41,43)(H,42,45)/t19-,23+/m0/s1. The number of aliphatic hydroxyl groups excluding tert-OH is 1. The Hall–Kier alpha value is -4.16. The number of hydrogen-bond donors (Lipinski definition) is 5. The maximum atomic E-state index is 15.5. The van der Waals surface area contributed by atoms with Crippen LogP contribution in [-0.2, 0) is 17.9 Å². The van der Waals surface area contributed by atoms with Crippen molar-refractivity contribution < 1.29 is 23.4 Å². The number of methoxy groups -OCH3 is 1. The smallest absolute Gasteiger partial charge is 0.220 e. The summed E-state index contributed by atoms with van der Waals surface area (Å²) in [5.74, 6) is -0.515. The van der Waals surface area contributed by atoms with Gasteiger partial charge in [0.05, 0.1) is 23.9 Å². The summed E-state index contributed by atoms with van der Waals surface area (Å²) in [7, 11) is 1.48. The van der Waals surface area contributed by atoms with Crippen molar-refractivity contribution in [2.75, 3.05) is 25.5 Å². The molecule has 9 nitrogen and oxygen atoms in total. The monoisotopic (exact) mass is 650 g/mol. The molecule has 3 heterocycles. The second-order valence-electron chi connectivity index (χ2n) is 11.3. The highest BCUT2D eigenvalue weighted by Gasteiger charge is 2.22. The number of hydrogen-bond acceptors (Lipinski definition) is 8. The molecule has 5 rings (SSSR count). The van der Waals surface area contributed by atoms with E-state index < -0.39 is 17.7 Å². The lowest BCUT2D eigenvalue weighted by Gasteiger charge is -2.17. The molecule has 0 unspecified atom stereocenters. The molecular weight excluding hydrogens is 614 g/mol. The van der Waals surface area contributed by atoms with Gasteiger partial charge in [-0.2, -0.15) is 0 Å². The van der Waals surface area contributed by atoms with E-state index in [1.807, 2.05) is 25.1 Å². The number of ether oxygens (including phenoxy) is 1. The van der Waals surface area contributed by atoms with Crippen LogP contribution in [0.2, 0.25) is 5.02 Å². The van der Waals surface area contributed by atoms with Crippen molar-refractivity contribution in [2.24, 2.45) is 0 Å². The minimum atomic E-state index is -0.546. The van der Waals surface area contributed by atoms with Gasteiger partial charge in [0.2, 0.25) is 5.91 Å². The third kappa shape index (κ3) is 7.61. The first-order valence-electron chi connectivity index (χ1n) is 15.1. The topological polar surface area (TPSA) is 120 Å². The Kier molecular flexibility index (Phi) is 10.8. The van der Waals surface area contributed by atoms with Crippen LogP contribution in [0.5, 0.6) is 5.75 Å². The van der Waals surface area contributed by atoms with E-state index >= 15 is 8.78 Å². The molecule has 1 fully saturated rings. The summed E-state index contributed by atoms with van der Waals surface area (Å²) in [5, 5.41) is 22.0. The lowest BCUT2D eigenvalue weighted by Crippen LogP contribution is -2.35. The molecule has 12 heteroatoms. The summed E-state index contributed by atoms with van der Waals surface area (Å²) in [6, 6.07) is 12.0. The molecule has 0 saturated carbocycles. The van der Waals surface area contributed by atoms with Crippen LogP contribution in [0.3, 0.4) is 0 Å². The number of pyridine rings is 2. The number of carbonyl (C=O) groups excluding carboxylic acids is 1. The van der Waals surface area contributed by atoms with Crippen LogP contribution in [0.1, 0.15) is 36.5 Å². The van der Waals surface area contributed by atoms with Gasteiger partial charge in [-0.1, -0.05) is 23.7 Å². The number of carbonyl (C=O) groups is 1. The average molecular weight is 651 g/mol. The maximum absolute atomic E-state index is 15.5. The number of aromatic nitrogens is 2. The van der Waals surface area contributed by atoms with Gasteiger partial charge in [0, 0.05) is 79.0 Å². The quantitative estimate of drug-likeness (QED) is 0.126. The molecule has 4 aromatic rings. The normalized spacial score (nSPS) is 15.1. The SMILES string of the molecule is COc1cc(-c2nccc(-c3cccc(Nc4nccc(CNC[C@H](C)O)c4F)c3C)c2Cl)cc(F)c1CNC[C@H]1CCC(=O)N1. The predicted octanol–water partition coefficient (Wildman–Crippen LogP) is 5.64. The van der Waals surface area contributed by atoms with E-state index in [2.05, 4.69) is 31.2 Å². The summed E-state index contributed by atoms with van der Waals surface area (Å²) >= 11 is 6.94. The maximum Gasteiger partial charge on any atom is 0.220 e. The van der Waals surface area contributed by atoms with Gasteiger partial charge < -0.3 is 31.1 Å². The van der Waals surface area contributed by atoms with Crippen molar-refractivity contribution in [1.29, 1.82) is 0 Å². The van der Waals surface area contributed by atoms with E-state index in [1.165, 1.54) is 19.4 Å². The lowest BCUT2D eigenvalue weighted by molar-refractivity contribution is -0.119. The van der Waals surface area contributed by atoms with E-state index in [-0.39, 0.29) is 30.9 Å². The van der Waals surface area contributed by atoms with Crippen molar-refractivity contribution in [1.82, 2.24) is 25.9 Å². The molecule has 0 spiro atoms. The molecule has 2 aromatic heterocycles. The fourth-order valence-corrected chi connectivity index (χ4v) is 5.79. The third-order valence-electron chi connectivity index (χ3n) is 7.92. The number of halogens is 3. The summed E-state index contributed by atoms with van der Waals surface area (Å²) in [4.78, 5) is 20.1. The molecule has 1 amide bonds. The van der Waals surface area contributed by atoms with Gasteiger partial charge in [-0.05, 0) is 61.7 Å². The van der Waals surface area contributed by atoms with Crippen molar-refractivity contribution >= 4 is 29.0 Å². The first-order chi connectivity index (χ1) is 22.2. The fourth-order valence-electron chi connectivity index (χ4n) is 5.47. The number of rotatable bonds is 13. The van der Waals surface area contributed by atoms with Crippen LogP contribution >= 0.6 is 11.6 Å². The highest BCUT2D eigenvalue weighted by molar-refractivity contribution is 6.35. The van der Waals surface area contributed by atoms with E-state index in [9.17, 15) is 9.90 Å². The number of nitrogens with zero attached hydrogens (tertiary/aromatic N) is 2. The van der Waals surface area contributed by atoms with Gasteiger partial charge in [-0.15, -0.1) is 0 Å². The molecule has 5 N–H and O–H groups in total. The zero-order valence-electron chi connectivity index (χ0n) is 25.9. The van der Waals surface area contributed by atoms with Gasteiger partial charge >= 0.3 is 0 Å². The lowest BCUT2D eigenvalue weighted by atomic mass is 9.97. The molecule has 2 atom stereocenters. The predicted molar refractivity (Wildman–Crippen MR) is 175 cm³/mol. The van der Waals surface area contributed by atoms with Gasteiger partial charge in [-0.25, -0.2) is 13.8 Å². The minimum absolute atomic E-state index is 0.0212. The number of amides is 1. The van der Waals surface area contributed by atoms with E-state index in [4.69, 9.17) is 16.3 Å². The van der Waals surface area contributed by atoms with Gasteiger partial charge in [0.1, 0.15) is 11.6 Å². The number of aliphatic hydroxyl groups is 1. The Morgan fingerprint density at radius 1 is 1.11 bits per heavy atom. The van der Waals surface area contributed by atoms with Crippen LogP contribution < -0.4 is 26.0 Å². The number of benzene rings is 2. The number of nitrogens with one attached hydrogen (secondary N) is 4. The van der Waals surface area contributed by atoms with E-state index in [0.717, 1.165) is 17.5 Å². The fraction of sp³-hybridized carbons (Fsp3) is 0.324. The van der Waals surface area contributed by atoms with Crippen molar-refractivity contribution in [3.63, 3.8) is 0 Å². The van der Waals surface area contributed by atoms with Crippen LogP contribution in [0, 0.1) is 18.6 Å². The summed E-state index contributed by atoms with van der Waals surface area (Å²) in [5.41, 5.74) is 4.49. The molecule has 1 aliphatic heterocycles. The molecule has 1 aliphatic rings. The second kappa shape index (κ2) is 15.0. The minimum Gasteiger partial charge on any atom is -0.496 e. The number of anilines is 2. The highest BCUT2D eigenvalue weighted by atomic mass is 35.5. The third-order valence-corrected chi connectivity index (χ3v) is 8.30.